The number of ether oxygens (including phenoxy) is 1. The smallest absolute Gasteiger partial charge is 0.339 e. The number of nitrogens with zero attached hydrogens (tertiary/aromatic N) is 1. The van der Waals surface area contributed by atoms with E-state index in [0.29, 0.717) is 25.2 Å². The van der Waals surface area contributed by atoms with Gasteiger partial charge in [-0.15, -0.1) is 11.3 Å². The predicted octanol–water partition coefficient (Wildman–Crippen LogP) is 0.909. The molecule has 112 valence electrons. The van der Waals surface area contributed by atoms with Crippen LogP contribution in [0.15, 0.2) is 15.7 Å². The van der Waals surface area contributed by atoms with E-state index in [2.05, 4.69) is 5.32 Å². The molecule has 2 rings (SSSR count). The summed E-state index contributed by atoms with van der Waals surface area (Å²) >= 11 is 1.06. The van der Waals surface area contributed by atoms with E-state index in [4.69, 9.17) is 4.74 Å². The molecular weight excluding hydrogens is 300 g/mol. The summed E-state index contributed by atoms with van der Waals surface area (Å²) in [6, 6.07) is 1.40. The number of hydrogen-bond donors (Lipinski definition) is 1. The molecule has 1 aliphatic heterocycles. The molecule has 1 aliphatic rings. The molecule has 0 saturated carbocycles. The van der Waals surface area contributed by atoms with Gasteiger partial charge < -0.3 is 10.1 Å². The Labute approximate surface area is 122 Å². The van der Waals surface area contributed by atoms with Crippen LogP contribution in [0.3, 0.4) is 0 Å². The van der Waals surface area contributed by atoms with Crippen LogP contribution in [0.2, 0.25) is 0 Å². The molecule has 0 unspecified atom stereocenters. The van der Waals surface area contributed by atoms with Gasteiger partial charge in [-0.25, -0.2) is 13.2 Å². The number of thiophene rings is 1. The van der Waals surface area contributed by atoms with Crippen LogP contribution in [0.4, 0.5) is 0 Å². The predicted molar refractivity (Wildman–Crippen MR) is 76.5 cm³/mol. The zero-order valence-electron chi connectivity index (χ0n) is 11.3. The van der Waals surface area contributed by atoms with E-state index >= 15 is 0 Å². The van der Waals surface area contributed by atoms with Crippen molar-refractivity contribution >= 4 is 27.3 Å². The molecule has 1 N–H and O–H groups in total. The van der Waals surface area contributed by atoms with Crippen molar-refractivity contribution in [2.24, 2.45) is 0 Å². The fourth-order valence-corrected chi connectivity index (χ4v) is 4.74. The van der Waals surface area contributed by atoms with Crippen LogP contribution < -0.4 is 5.32 Å². The second-order valence-electron chi connectivity index (χ2n) is 4.38. The van der Waals surface area contributed by atoms with Crippen LogP contribution in [0, 0.1) is 0 Å². The maximum absolute atomic E-state index is 12.5. The first kappa shape index (κ1) is 15.4. The fourth-order valence-electron chi connectivity index (χ4n) is 1.96. The van der Waals surface area contributed by atoms with Gasteiger partial charge in [0.2, 0.25) is 0 Å². The van der Waals surface area contributed by atoms with Crippen LogP contribution >= 0.6 is 11.3 Å². The SMILES string of the molecule is CCOC(=O)c1csc(S(=O)(=O)N2CCCNCC2)c1. The second-order valence-corrected chi connectivity index (χ2v) is 7.46. The van der Waals surface area contributed by atoms with Crippen LogP contribution in [0.25, 0.3) is 0 Å². The van der Waals surface area contributed by atoms with E-state index in [-0.39, 0.29) is 10.8 Å². The van der Waals surface area contributed by atoms with Crippen molar-refractivity contribution in [1.82, 2.24) is 9.62 Å². The van der Waals surface area contributed by atoms with E-state index in [0.717, 1.165) is 24.3 Å². The topological polar surface area (TPSA) is 75.7 Å². The van der Waals surface area contributed by atoms with Gasteiger partial charge in [0, 0.05) is 25.0 Å². The molecule has 0 bridgehead atoms. The lowest BCUT2D eigenvalue weighted by molar-refractivity contribution is 0.0527. The lowest BCUT2D eigenvalue weighted by Gasteiger charge is -2.18. The van der Waals surface area contributed by atoms with E-state index in [1.165, 1.54) is 15.8 Å². The molecule has 0 radical (unpaired) electrons. The average molecular weight is 318 g/mol. The Morgan fingerprint density at radius 3 is 3.00 bits per heavy atom. The van der Waals surface area contributed by atoms with Gasteiger partial charge in [0.25, 0.3) is 10.0 Å². The Balaban J connectivity index is 2.19. The third-order valence-corrected chi connectivity index (χ3v) is 6.29. The normalized spacial score (nSPS) is 17.6. The standard InChI is InChI=1S/C12H18N2O4S2/c1-2-18-12(15)10-8-11(19-9-10)20(16,17)14-6-3-4-13-5-7-14/h8-9,13H,2-7H2,1H3. The van der Waals surface area contributed by atoms with Crippen molar-refractivity contribution in [3.63, 3.8) is 0 Å². The zero-order chi connectivity index (χ0) is 14.6. The summed E-state index contributed by atoms with van der Waals surface area (Å²) in [5, 5.41) is 4.69. The highest BCUT2D eigenvalue weighted by atomic mass is 32.2. The van der Waals surface area contributed by atoms with E-state index in [1.807, 2.05) is 0 Å². The third kappa shape index (κ3) is 3.38. The zero-order valence-corrected chi connectivity index (χ0v) is 12.9. The molecular formula is C12H18N2O4S2. The van der Waals surface area contributed by atoms with Crippen LogP contribution in [0.5, 0.6) is 0 Å². The maximum atomic E-state index is 12.5. The first-order valence-electron chi connectivity index (χ1n) is 6.52. The van der Waals surface area contributed by atoms with Gasteiger partial charge in [-0.1, -0.05) is 0 Å². The van der Waals surface area contributed by atoms with Gasteiger partial charge in [-0.3, -0.25) is 0 Å². The highest BCUT2D eigenvalue weighted by Gasteiger charge is 2.27. The van der Waals surface area contributed by atoms with Crippen molar-refractivity contribution in [3.05, 3.63) is 17.0 Å². The molecule has 1 aromatic heterocycles. The van der Waals surface area contributed by atoms with Crippen LogP contribution in [-0.2, 0) is 14.8 Å². The highest BCUT2D eigenvalue weighted by Crippen LogP contribution is 2.24. The number of hydrogen-bond acceptors (Lipinski definition) is 6. The molecule has 20 heavy (non-hydrogen) atoms. The highest BCUT2D eigenvalue weighted by molar-refractivity contribution is 7.91. The van der Waals surface area contributed by atoms with Gasteiger partial charge >= 0.3 is 5.97 Å². The molecule has 1 saturated heterocycles. The lowest BCUT2D eigenvalue weighted by Crippen LogP contribution is -2.33. The Bertz CT molecular complexity index is 560. The Kier molecular flexibility index (Phi) is 5.14. The van der Waals surface area contributed by atoms with Crippen molar-refractivity contribution < 1.29 is 17.9 Å². The van der Waals surface area contributed by atoms with Crippen LogP contribution in [0.1, 0.15) is 23.7 Å². The fraction of sp³-hybridized carbons (Fsp3) is 0.583. The minimum atomic E-state index is -3.51. The molecule has 0 aromatic carbocycles. The average Bonchev–Trinajstić information content (AvgIpc) is 2.75. The van der Waals surface area contributed by atoms with Crippen molar-refractivity contribution in [1.29, 1.82) is 0 Å². The van der Waals surface area contributed by atoms with E-state index in [1.54, 1.807) is 6.92 Å². The lowest BCUT2D eigenvalue weighted by atomic mass is 10.3. The molecule has 0 spiro atoms. The minimum absolute atomic E-state index is 0.197. The van der Waals surface area contributed by atoms with Crippen LogP contribution in [-0.4, -0.2) is 51.5 Å². The molecule has 0 atom stereocenters. The first-order chi connectivity index (χ1) is 9.55. The van der Waals surface area contributed by atoms with E-state index < -0.39 is 16.0 Å². The molecule has 8 heteroatoms. The number of nitrogens with one attached hydrogen (secondary N) is 1. The monoisotopic (exact) mass is 318 g/mol. The first-order valence-corrected chi connectivity index (χ1v) is 8.84. The second kappa shape index (κ2) is 6.66. The molecule has 6 nitrogen and oxygen atoms in total. The quantitative estimate of drug-likeness (QED) is 0.835. The maximum Gasteiger partial charge on any atom is 0.339 e. The van der Waals surface area contributed by atoms with Crippen molar-refractivity contribution in [2.45, 2.75) is 17.6 Å². The number of sulfonamides is 1. The molecule has 2 heterocycles. The number of carbonyl (C=O) groups is 1. The van der Waals surface area contributed by atoms with Gasteiger partial charge in [0.15, 0.2) is 0 Å². The number of carbonyl (C=O) groups excluding carboxylic acids is 1. The van der Waals surface area contributed by atoms with E-state index in [9.17, 15) is 13.2 Å². The summed E-state index contributed by atoms with van der Waals surface area (Å²) in [6.45, 7) is 4.41. The summed E-state index contributed by atoms with van der Waals surface area (Å²) in [4.78, 5) is 11.6. The summed E-state index contributed by atoms with van der Waals surface area (Å²) < 4.78 is 31.5. The molecule has 1 fully saturated rings. The summed E-state index contributed by atoms with van der Waals surface area (Å²) in [5.41, 5.74) is 0.295. The van der Waals surface area contributed by atoms with Gasteiger partial charge in [-0.05, 0) is 26.0 Å². The van der Waals surface area contributed by atoms with Gasteiger partial charge in [0.1, 0.15) is 4.21 Å². The van der Waals surface area contributed by atoms with Crippen molar-refractivity contribution in [2.75, 3.05) is 32.8 Å². The van der Waals surface area contributed by atoms with Crippen molar-refractivity contribution in [3.8, 4) is 0 Å². The van der Waals surface area contributed by atoms with Gasteiger partial charge in [0.05, 0.1) is 12.2 Å². The Morgan fingerprint density at radius 1 is 1.45 bits per heavy atom. The number of rotatable bonds is 4. The molecule has 0 aliphatic carbocycles. The summed E-state index contributed by atoms with van der Waals surface area (Å²) in [7, 11) is -3.51. The Morgan fingerprint density at radius 2 is 2.25 bits per heavy atom. The summed E-state index contributed by atoms with van der Waals surface area (Å²) in [6.07, 6.45) is 0.787. The minimum Gasteiger partial charge on any atom is -0.462 e. The third-order valence-electron chi connectivity index (χ3n) is 2.98. The molecule has 0 amide bonds. The largest absolute Gasteiger partial charge is 0.462 e. The molecule has 1 aromatic rings. The van der Waals surface area contributed by atoms with Gasteiger partial charge in [-0.2, -0.15) is 4.31 Å². The Hall–Kier alpha value is -0.960. The summed E-state index contributed by atoms with van der Waals surface area (Å²) in [5.74, 6) is -0.484. The number of esters is 1.